The molecule has 0 amide bonds. The highest BCUT2D eigenvalue weighted by Crippen LogP contribution is 2.35. The maximum atomic E-state index is 12.7. The molecule has 1 heterocycles. The summed E-state index contributed by atoms with van der Waals surface area (Å²) < 4.78 is 63.7. The first-order valence-corrected chi connectivity index (χ1v) is 10.7. The second kappa shape index (κ2) is 9.49. The summed E-state index contributed by atoms with van der Waals surface area (Å²) in [5, 5.41) is 4.14. The molecule has 0 saturated heterocycles. The summed E-state index contributed by atoms with van der Waals surface area (Å²) in [7, 11) is -4.90. The first-order chi connectivity index (χ1) is 15.3. The fourth-order valence-corrected chi connectivity index (χ4v) is 3.01. The van der Waals surface area contributed by atoms with Gasteiger partial charge in [-0.2, -0.15) is 17.9 Å². The second-order valence-corrected chi connectivity index (χ2v) is 8.07. The molecule has 0 atom stereocenters. The van der Waals surface area contributed by atoms with Crippen molar-refractivity contribution in [1.82, 2.24) is 9.78 Å². The van der Waals surface area contributed by atoms with Crippen LogP contribution in [0.3, 0.4) is 0 Å². The van der Waals surface area contributed by atoms with E-state index in [-0.39, 0.29) is 34.3 Å². The van der Waals surface area contributed by atoms with E-state index >= 15 is 0 Å². The molecular weight excluding hydrogens is 496 g/mol. The number of aromatic nitrogens is 2. The van der Waals surface area contributed by atoms with Gasteiger partial charge in [0.25, 0.3) is 0 Å². The Kier molecular flexibility index (Phi) is 7.10. The van der Waals surface area contributed by atoms with Gasteiger partial charge in [0.2, 0.25) is 5.89 Å². The molecule has 2 aromatic carbocycles. The molecule has 176 valence electrons. The third-order valence-corrected chi connectivity index (χ3v) is 4.68. The van der Waals surface area contributed by atoms with E-state index in [2.05, 4.69) is 9.62 Å². The lowest BCUT2D eigenvalue weighted by atomic mass is 10.1. The first-order valence-electron chi connectivity index (χ1n) is 8.76. The van der Waals surface area contributed by atoms with Gasteiger partial charge in [0, 0.05) is 16.1 Å². The van der Waals surface area contributed by atoms with Crippen molar-refractivity contribution in [3.05, 3.63) is 69.2 Å². The summed E-state index contributed by atoms with van der Waals surface area (Å²) in [4.78, 5) is 41.3. The van der Waals surface area contributed by atoms with E-state index in [1.807, 2.05) is 0 Å². The van der Waals surface area contributed by atoms with Crippen molar-refractivity contribution < 1.29 is 46.0 Å². The van der Waals surface area contributed by atoms with Crippen molar-refractivity contribution in [2.45, 2.75) is 12.7 Å². The van der Waals surface area contributed by atoms with E-state index in [9.17, 15) is 27.3 Å². The zero-order valence-corrected chi connectivity index (χ0v) is 17.8. The molecule has 0 saturated carbocycles. The van der Waals surface area contributed by atoms with Crippen LogP contribution in [0.25, 0.3) is 11.5 Å². The van der Waals surface area contributed by atoms with Crippen LogP contribution in [0, 0.1) is 0 Å². The van der Waals surface area contributed by atoms with E-state index in [1.54, 1.807) is 0 Å². The van der Waals surface area contributed by atoms with Gasteiger partial charge < -0.3 is 18.9 Å². The maximum absolute atomic E-state index is 12.7. The molecule has 0 spiro atoms. The van der Waals surface area contributed by atoms with Crippen LogP contribution in [-0.2, 0) is 26.6 Å². The van der Waals surface area contributed by atoms with Gasteiger partial charge >= 0.3 is 25.7 Å². The fourth-order valence-electron chi connectivity index (χ4n) is 2.55. The van der Waals surface area contributed by atoms with Crippen molar-refractivity contribution in [3.63, 3.8) is 0 Å². The molecule has 0 aliphatic rings. The van der Waals surface area contributed by atoms with E-state index in [0.29, 0.717) is 0 Å². The molecule has 10 nitrogen and oxygen atoms in total. The number of benzene rings is 2. The van der Waals surface area contributed by atoms with E-state index in [0.717, 1.165) is 28.9 Å². The highest BCUT2D eigenvalue weighted by molar-refractivity contribution is 7.46. The van der Waals surface area contributed by atoms with Gasteiger partial charge in [0.1, 0.15) is 5.75 Å². The summed E-state index contributed by atoms with van der Waals surface area (Å²) in [5.41, 5.74) is -0.603. The van der Waals surface area contributed by atoms with E-state index < -0.39 is 37.9 Å². The summed E-state index contributed by atoms with van der Waals surface area (Å²) in [6.07, 6.45) is -4.53. The number of phosphoric acid groups is 1. The lowest BCUT2D eigenvalue weighted by Crippen LogP contribution is -2.19. The van der Waals surface area contributed by atoms with Crippen molar-refractivity contribution in [1.29, 1.82) is 0 Å². The normalized spacial score (nSPS) is 12.1. The third-order valence-electron chi connectivity index (χ3n) is 3.98. The van der Waals surface area contributed by atoms with Crippen molar-refractivity contribution in [2.75, 3.05) is 6.61 Å². The number of carbonyl (C=O) groups excluding carboxylic acids is 1. The Bertz CT molecular complexity index is 1270. The molecule has 0 radical (unpaired) electrons. The smallest absolute Gasteiger partial charge is 0.424 e. The van der Waals surface area contributed by atoms with Gasteiger partial charge in [-0.3, -0.25) is 4.52 Å². The van der Waals surface area contributed by atoms with Gasteiger partial charge in [0.05, 0.1) is 12.1 Å². The Hall–Kier alpha value is -2.96. The van der Waals surface area contributed by atoms with E-state index in [1.165, 1.54) is 18.2 Å². The van der Waals surface area contributed by atoms with Gasteiger partial charge in [-0.15, -0.1) is 5.10 Å². The summed E-state index contributed by atoms with van der Waals surface area (Å²) in [5.74, 6) is -2.44. The Labute approximate surface area is 187 Å². The fraction of sp³-hybridized carbons (Fsp3) is 0.167. The topological polar surface area (TPSA) is 141 Å². The number of halogens is 4. The summed E-state index contributed by atoms with van der Waals surface area (Å²) >= 11 is 5.94. The highest BCUT2D eigenvalue weighted by atomic mass is 35.5. The molecule has 0 unspecified atom stereocenters. The minimum Gasteiger partial charge on any atom is -0.424 e. The number of esters is 1. The van der Waals surface area contributed by atoms with Crippen molar-refractivity contribution >= 4 is 25.4 Å². The largest absolute Gasteiger partial charge is 0.470 e. The average molecular weight is 509 g/mol. The highest BCUT2D eigenvalue weighted by Gasteiger charge is 2.30. The zero-order valence-electron chi connectivity index (χ0n) is 16.2. The number of alkyl halides is 3. The maximum Gasteiger partial charge on any atom is 0.470 e. The monoisotopic (exact) mass is 508 g/mol. The van der Waals surface area contributed by atoms with Crippen LogP contribution in [0.15, 0.2) is 51.7 Å². The Balaban J connectivity index is 1.82. The number of rotatable bonds is 7. The minimum absolute atomic E-state index is 0.107. The number of carbonyl (C=O) groups is 1. The first kappa shape index (κ1) is 24.7. The summed E-state index contributed by atoms with van der Waals surface area (Å²) in [6, 6.07) is 7.77. The quantitative estimate of drug-likeness (QED) is 0.279. The number of nitrogens with zero attached hydrogens (tertiary/aromatic N) is 2. The molecule has 3 rings (SSSR count). The average Bonchev–Trinajstić information content (AvgIpc) is 3.08. The lowest BCUT2D eigenvalue weighted by molar-refractivity contribution is -0.138. The number of hydrogen-bond donors (Lipinski definition) is 2. The predicted molar refractivity (Wildman–Crippen MR) is 105 cm³/mol. The standard InChI is InChI=1S/C18H13ClF3N2O8P/c19-13-5-6-14(31-15(25)9-30-33(27,28)29)11(7-13)8-24-17(26)32-16(23-24)10-1-3-12(4-2-10)18(20,21)22/h1-7H,8-9H2,(H2,27,28,29). The molecule has 33 heavy (non-hydrogen) atoms. The zero-order chi connectivity index (χ0) is 24.4. The molecule has 1 aromatic heterocycles. The molecule has 0 bridgehead atoms. The number of hydrogen-bond acceptors (Lipinski definition) is 7. The molecule has 0 fully saturated rings. The van der Waals surface area contributed by atoms with E-state index in [4.69, 9.17) is 30.5 Å². The minimum atomic E-state index is -4.90. The second-order valence-electron chi connectivity index (χ2n) is 6.40. The molecule has 0 aliphatic heterocycles. The summed E-state index contributed by atoms with van der Waals surface area (Å²) in [6.45, 7) is -1.36. The SMILES string of the molecule is O=C(COP(=O)(O)O)Oc1ccc(Cl)cc1Cn1nc(-c2ccc(C(F)(F)F)cc2)oc1=O. The van der Waals surface area contributed by atoms with Crippen LogP contribution in [-0.4, -0.2) is 32.1 Å². The van der Waals surface area contributed by atoms with Gasteiger partial charge in [-0.25, -0.2) is 14.2 Å². The molecule has 2 N–H and O–H groups in total. The molecule has 0 aliphatic carbocycles. The van der Waals surface area contributed by atoms with Crippen molar-refractivity contribution in [3.8, 4) is 17.2 Å². The lowest BCUT2D eigenvalue weighted by Gasteiger charge is -2.10. The number of ether oxygens (including phenoxy) is 1. The Morgan fingerprint density at radius 3 is 2.45 bits per heavy atom. The van der Waals surface area contributed by atoms with Crippen molar-refractivity contribution in [2.24, 2.45) is 0 Å². The Morgan fingerprint density at radius 2 is 1.85 bits per heavy atom. The molecule has 3 aromatic rings. The van der Waals surface area contributed by atoms with Crippen LogP contribution in [0.1, 0.15) is 11.1 Å². The van der Waals surface area contributed by atoms with Gasteiger partial charge in [-0.1, -0.05) is 11.6 Å². The number of phosphoric ester groups is 1. The van der Waals surface area contributed by atoms with Gasteiger partial charge in [0.15, 0.2) is 6.61 Å². The van der Waals surface area contributed by atoms with Crippen LogP contribution in [0.5, 0.6) is 5.75 Å². The third kappa shape index (κ3) is 6.76. The molecular formula is C18H13ClF3N2O8P. The van der Waals surface area contributed by atoms with Crippen LogP contribution >= 0.6 is 19.4 Å². The predicted octanol–water partition coefficient (Wildman–Crippen LogP) is 3.24. The van der Waals surface area contributed by atoms with Crippen LogP contribution < -0.4 is 10.5 Å². The van der Waals surface area contributed by atoms with Crippen LogP contribution in [0.2, 0.25) is 5.02 Å². The van der Waals surface area contributed by atoms with Gasteiger partial charge in [-0.05, 0) is 42.5 Å². The van der Waals surface area contributed by atoms with Crippen LogP contribution in [0.4, 0.5) is 13.2 Å². The Morgan fingerprint density at radius 1 is 1.18 bits per heavy atom. The molecule has 15 heteroatoms.